The quantitative estimate of drug-likeness (QED) is 0.477. The second-order valence-electron chi connectivity index (χ2n) is 2.08. The highest BCUT2D eigenvalue weighted by atomic mass is 127. The number of alkyl halides is 3. The summed E-state index contributed by atoms with van der Waals surface area (Å²) in [5.74, 6) is 0. The molecule has 0 saturated heterocycles. The van der Waals surface area contributed by atoms with Crippen molar-refractivity contribution in [3.8, 4) is 0 Å². The van der Waals surface area contributed by atoms with Crippen LogP contribution in [-0.4, -0.2) is 3.79 Å². The number of benzene rings is 1. The molecule has 0 nitrogen and oxygen atoms in total. The van der Waals surface area contributed by atoms with Crippen LogP contribution >= 0.6 is 57.4 Å². The van der Waals surface area contributed by atoms with Gasteiger partial charge < -0.3 is 0 Å². The first-order valence-electron chi connectivity index (χ1n) is 3.17. The van der Waals surface area contributed by atoms with Crippen molar-refractivity contribution in [3.05, 3.63) is 33.9 Å². The van der Waals surface area contributed by atoms with Crippen LogP contribution in [0.2, 0.25) is 0 Å². The van der Waals surface area contributed by atoms with Crippen LogP contribution in [0.25, 0.3) is 0 Å². The lowest BCUT2D eigenvalue weighted by Crippen LogP contribution is -1.87. The van der Waals surface area contributed by atoms with Crippen LogP contribution < -0.4 is 0 Å². The first kappa shape index (κ1) is 12.8. The zero-order chi connectivity index (χ0) is 9.61. The van der Waals surface area contributed by atoms with Crippen molar-refractivity contribution in [3.63, 3.8) is 0 Å². The van der Waals surface area contributed by atoms with Gasteiger partial charge in [-0.05, 0) is 41.6 Å². The van der Waals surface area contributed by atoms with E-state index in [1.807, 2.05) is 18.2 Å². The van der Waals surface area contributed by atoms with Gasteiger partial charge in [-0.3, -0.25) is 0 Å². The minimum Gasteiger partial charge on any atom is -0.0840 e. The van der Waals surface area contributed by atoms with Crippen molar-refractivity contribution in [1.82, 2.24) is 0 Å². The lowest BCUT2D eigenvalue weighted by molar-refractivity contribution is 1.27. The molecule has 12 heavy (non-hydrogen) atoms. The molecule has 0 unspecified atom stereocenters. The summed E-state index contributed by atoms with van der Waals surface area (Å²) in [5.41, 5.74) is 0. The molecule has 4 heteroatoms. The van der Waals surface area contributed by atoms with E-state index in [1.54, 1.807) is 0 Å². The Morgan fingerprint density at radius 2 is 1.42 bits per heavy atom. The fraction of sp³-hybridized carbons (Fsp3) is 0.250. The molecule has 1 rings (SSSR count). The summed E-state index contributed by atoms with van der Waals surface area (Å²) in [6.07, 6.45) is 0. The first-order valence-corrected chi connectivity index (χ1v) is 5.38. The Morgan fingerprint density at radius 3 is 1.58 bits per heavy atom. The van der Waals surface area contributed by atoms with Gasteiger partial charge in [0.1, 0.15) is 0 Å². The maximum Gasteiger partial charge on any atom is 0.187 e. The highest BCUT2D eigenvalue weighted by Gasteiger charge is 2.07. The molecule has 0 heterocycles. The highest BCUT2D eigenvalue weighted by molar-refractivity contribution is 14.1. The van der Waals surface area contributed by atoms with Gasteiger partial charge in [0.25, 0.3) is 0 Å². The van der Waals surface area contributed by atoms with Crippen molar-refractivity contribution < 1.29 is 0 Å². The lowest BCUT2D eigenvalue weighted by Gasteiger charge is -1.94. The van der Waals surface area contributed by atoms with E-state index in [2.05, 4.69) is 34.7 Å². The zero-order valence-corrected chi connectivity index (χ0v) is 10.8. The van der Waals surface area contributed by atoms with Gasteiger partial charge in [0.15, 0.2) is 3.79 Å². The van der Waals surface area contributed by atoms with Crippen LogP contribution in [-0.2, 0) is 0 Å². The van der Waals surface area contributed by atoms with E-state index in [4.69, 9.17) is 34.8 Å². The van der Waals surface area contributed by atoms with E-state index in [0.717, 1.165) is 0 Å². The molecular weight excluding hydrogens is 329 g/mol. The number of rotatable bonds is 0. The fourth-order valence-corrected chi connectivity index (χ4v) is 0.830. The molecule has 0 aliphatic rings. The summed E-state index contributed by atoms with van der Waals surface area (Å²) in [5, 5.41) is 0. The molecule has 0 fully saturated rings. The Balaban J connectivity index is 0.000000217. The molecule has 0 aliphatic heterocycles. The topological polar surface area (TPSA) is 0 Å². The van der Waals surface area contributed by atoms with E-state index < -0.39 is 3.79 Å². The van der Waals surface area contributed by atoms with Crippen LogP contribution in [0.3, 0.4) is 0 Å². The molecule has 0 spiro atoms. The Hall–Kier alpha value is 0.820. The molecule has 0 N–H and O–H groups in total. The summed E-state index contributed by atoms with van der Waals surface area (Å²) >= 11 is 17.5. The minimum atomic E-state index is -1.08. The molecule has 0 aromatic heterocycles. The summed E-state index contributed by atoms with van der Waals surface area (Å²) in [6, 6.07) is 10.2. The molecular formula is C8H8Cl3I. The Kier molecular flexibility index (Phi) is 6.73. The number of halogens is 4. The van der Waals surface area contributed by atoms with Crippen LogP contribution in [0.4, 0.5) is 0 Å². The highest BCUT2D eigenvalue weighted by Crippen LogP contribution is 2.23. The molecule has 0 amide bonds. The smallest absolute Gasteiger partial charge is 0.0840 e. The van der Waals surface area contributed by atoms with Gasteiger partial charge in [0.05, 0.1) is 0 Å². The molecule has 0 atom stereocenters. The monoisotopic (exact) mass is 336 g/mol. The first-order chi connectivity index (χ1) is 5.39. The SMILES string of the molecule is CC(Cl)(Cl)Cl.Ic1ccccc1. The van der Waals surface area contributed by atoms with E-state index in [-0.39, 0.29) is 0 Å². The van der Waals surface area contributed by atoms with Gasteiger partial charge in [-0.15, -0.1) is 0 Å². The van der Waals surface area contributed by atoms with Crippen LogP contribution in [0.1, 0.15) is 6.92 Å². The standard InChI is InChI=1S/C6H5I.C2H3Cl3/c7-6-4-2-1-3-5-6;1-2(3,4)5/h1-5H;1H3. The maximum absolute atomic E-state index is 5.06. The third-order valence-corrected chi connectivity index (χ3v) is 1.45. The molecule has 1 aromatic rings. The van der Waals surface area contributed by atoms with E-state index in [0.29, 0.717) is 0 Å². The van der Waals surface area contributed by atoms with Crippen molar-refractivity contribution in [2.24, 2.45) is 0 Å². The molecule has 0 bridgehead atoms. The second kappa shape index (κ2) is 6.30. The summed E-state index contributed by atoms with van der Waals surface area (Å²) in [4.78, 5) is 0. The van der Waals surface area contributed by atoms with Crippen molar-refractivity contribution >= 4 is 57.4 Å². The van der Waals surface area contributed by atoms with E-state index >= 15 is 0 Å². The molecule has 0 radical (unpaired) electrons. The predicted octanol–water partition coefficient (Wildman–Crippen LogP) is 4.67. The van der Waals surface area contributed by atoms with Gasteiger partial charge in [-0.1, -0.05) is 53.0 Å². The Labute approximate surface area is 101 Å². The summed E-state index contributed by atoms with van der Waals surface area (Å²) in [6.45, 7) is 1.48. The number of hydrogen-bond acceptors (Lipinski definition) is 0. The van der Waals surface area contributed by atoms with Crippen LogP contribution in [0, 0.1) is 3.57 Å². The third kappa shape index (κ3) is 13.4. The van der Waals surface area contributed by atoms with E-state index in [1.165, 1.54) is 10.5 Å². The van der Waals surface area contributed by atoms with Crippen molar-refractivity contribution in [2.75, 3.05) is 0 Å². The molecule has 68 valence electrons. The summed E-state index contributed by atoms with van der Waals surface area (Å²) < 4.78 is 0.208. The lowest BCUT2D eigenvalue weighted by atomic mass is 10.4. The molecule has 0 saturated carbocycles. The van der Waals surface area contributed by atoms with Gasteiger partial charge in [-0.2, -0.15) is 0 Å². The minimum absolute atomic E-state index is 1.08. The fourth-order valence-electron chi connectivity index (χ4n) is 0.415. The van der Waals surface area contributed by atoms with Gasteiger partial charge >= 0.3 is 0 Å². The van der Waals surface area contributed by atoms with Crippen molar-refractivity contribution in [1.29, 1.82) is 0 Å². The van der Waals surface area contributed by atoms with Crippen molar-refractivity contribution in [2.45, 2.75) is 10.7 Å². The summed E-state index contributed by atoms with van der Waals surface area (Å²) in [7, 11) is 0. The largest absolute Gasteiger partial charge is 0.187 e. The average Bonchev–Trinajstić information content (AvgIpc) is 1.85. The Morgan fingerprint density at radius 1 is 1.08 bits per heavy atom. The predicted molar refractivity (Wildman–Crippen MR) is 65.1 cm³/mol. The third-order valence-electron chi connectivity index (χ3n) is 0.733. The normalized spacial score (nSPS) is 10.1. The van der Waals surface area contributed by atoms with E-state index in [9.17, 15) is 0 Å². The van der Waals surface area contributed by atoms with Crippen LogP contribution in [0.15, 0.2) is 30.3 Å². The van der Waals surface area contributed by atoms with Crippen LogP contribution in [0.5, 0.6) is 0 Å². The molecule has 1 aromatic carbocycles. The Bertz CT molecular complexity index is 199. The van der Waals surface area contributed by atoms with Gasteiger partial charge in [-0.25, -0.2) is 0 Å². The zero-order valence-electron chi connectivity index (χ0n) is 6.40. The number of hydrogen-bond donors (Lipinski definition) is 0. The molecule has 0 aliphatic carbocycles. The second-order valence-corrected chi connectivity index (χ2v) is 6.17. The maximum atomic E-state index is 5.06. The van der Waals surface area contributed by atoms with Gasteiger partial charge in [0, 0.05) is 3.57 Å². The average molecular weight is 337 g/mol. The van der Waals surface area contributed by atoms with Gasteiger partial charge in [0.2, 0.25) is 0 Å².